The minimum absolute atomic E-state index is 0.299. The van der Waals surface area contributed by atoms with Crippen molar-refractivity contribution in [2.24, 2.45) is 5.41 Å². The monoisotopic (exact) mass is 285 g/mol. The molecular weight excluding hydrogens is 258 g/mol. The number of rotatable bonds is 2. The van der Waals surface area contributed by atoms with E-state index in [1.165, 1.54) is 5.56 Å². The first-order valence-corrected chi connectivity index (χ1v) is 11.0. The molecule has 0 bridgehead atoms. The lowest BCUT2D eigenvalue weighted by molar-refractivity contribution is 0.324. The van der Waals surface area contributed by atoms with Crippen LogP contribution >= 0.6 is 0 Å². The highest BCUT2D eigenvalue weighted by Gasteiger charge is 2.52. The van der Waals surface area contributed by atoms with E-state index >= 15 is 0 Å². The quantitative estimate of drug-likeness (QED) is 0.448. The molecule has 1 aromatic carbocycles. The molecule has 3 atom stereocenters. The second-order valence-corrected chi connectivity index (χ2v) is 12.7. The lowest BCUT2D eigenvalue weighted by Gasteiger charge is -2.17. The van der Waals surface area contributed by atoms with Gasteiger partial charge in [-0.25, -0.2) is 0 Å². The maximum Gasteiger partial charge on any atom is 0.129 e. The van der Waals surface area contributed by atoms with E-state index in [0.717, 1.165) is 6.54 Å². The minimum Gasteiger partial charge on any atom is -0.278 e. The van der Waals surface area contributed by atoms with Crippen LogP contribution in [0.1, 0.15) is 26.3 Å². The van der Waals surface area contributed by atoms with Gasteiger partial charge in [0, 0.05) is 12.6 Å². The van der Waals surface area contributed by atoms with E-state index in [1.54, 1.807) is 0 Å². The molecule has 1 nitrogen and oxygen atoms in total. The summed E-state index contributed by atoms with van der Waals surface area (Å²) in [6, 6.07) is 11.8. The van der Waals surface area contributed by atoms with Crippen molar-refractivity contribution in [1.82, 2.24) is 4.90 Å². The van der Waals surface area contributed by atoms with Gasteiger partial charge in [0.1, 0.15) is 8.07 Å². The Hall–Kier alpha value is -1.04. The molecule has 0 aliphatic carbocycles. The molecule has 2 rings (SSSR count). The maximum atomic E-state index is 3.56. The van der Waals surface area contributed by atoms with Crippen LogP contribution in [-0.4, -0.2) is 25.1 Å². The van der Waals surface area contributed by atoms with Gasteiger partial charge in [-0.05, 0) is 11.0 Å². The van der Waals surface area contributed by atoms with E-state index < -0.39 is 8.07 Å². The third-order valence-corrected chi connectivity index (χ3v) is 4.51. The van der Waals surface area contributed by atoms with Gasteiger partial charge in [-0.1, -0.05) is 76.7 Å². The lowest BCUT2D eigenvalue weighted by Crippen LogP contribution is -2.19. The van der Waals surface area contributed by atoms with Crippen molar-refractivity contribution in [3.8, 4) is 11.5 Å². The van der Waals surface area contributed by atoms with Gasteiger partial charge in [0.2, 0.25) is 0 Å². The number of nitrogens with zero attached hydrogens (tertiary/aromatic N) is 1. The Bertz CT molecular complexity index is 510. The van der Waals surface area contributed by atoms with Crippen LogP contribution in [0.4, 0.5) is 0 Å². The van der Waals surface area contributed by atoms with Crippen LogP contribution in [0.5, 0.6) is 0 Å². The SMILES string of the molecule is CC(C)(C)[C@H]1[C@H](C#C[Si](C)(C)C)N1Cc1ccccc1. The Morgan fingerprint density at radius 2 is 1.70 bits per heavy atom. The van der Waals surface area contributed by atoms with Gasteiger partial charge in [0.25, 0.3) is 0 Å². The number of hydrogen-bond acceptors (Lipinski definition) is 1. The Kier molecular flexibility index (Phi) is 4.13. The van der Waals surface area contributed by atoms with Crippen LogP contribution < -0.4 is 0 Å². The van der Waals surface area contributed by atoms with E-state index in [1.807, 2.05) is 0 Å². The molecule has 1 aliphatic heterocycles. The fourth-order valence-corrected chi connectivity index (χ4v) is 3.27. The van der Waals surface area contributed by atoms with E-state index in [4.69, 9.17) is 0 Å². The first-order valence-electron chi connectivity index (χ1n) is 7.51. The summed E-state index contributed by atoms with van der Waals surface area (Å²) in [6.07, 6.45) is 0. The van der Waals surface area contributed by atoms with E-state index in [-0.39, 0.29) is 0 Å². The Balaban J connectivity index is 2.12. The Labute approximate surface area is 125 Å². The molecule has 1 saturated heterocycles. The number of benzene rings is 1. The molecule has 108 valence electrons. The molecule has 0 aromatic heterocycles. The maximum absolute atomic E-state index is 3.56. The first kappa shape index (κ1) is 15.3. The Morgan fingerprint density at radius 1 is 1.10 bits per heavy atom. The van der Waals surface area contributed by atoms with Gasteiger partial charge in [-0.2, -0.15) is 0 Å². The van der Waals surface area contributed by atoms with Gasteiger partial charge < -0.3 is 0 Å². The van der Waals surface area contributed by atoms with Crippen LogP contribution in [-0.2, 0) is 6.54 Å². The summed E-state index contributed by atoms with van der Waals surface area (Å²) in [7, 11) is -1.28. The zero-order valence-corrected chi connectivity index (χ0v) is 14.7. The normalized spacial score (nSPS) is 25.8. The van der Waals surface area contributed by atoms with Gasteiger partial charge in [-0.15, -0.1) is 5.54 Å². The lowest BCUT2D eigenvalue weighted by atomic mass is 9.90. The van der Waals surface area contributed by atoms with Crippen molar-refractivity contribution in [2.75, 3.05) is 0 Å². The third kappa shape index (κ3) is 3.98. The molecule has 1 aliphatic rings. The van der Waals surface area contributed by atoms with Crippen molar-refractivity contribution in [3.05, 3.63) is 35.9 Å². The summed E-state index contributed by atoms with van der Waals surface area (Å²) >= 11 is 0. The van der Waals surface area contributed by atoms with Crippen molar-refractivity contribution >= 4 is 8.07 Å². The minimum atomic E-state index is -1.28. The molecule has 1 unspecified atom stereocenters. The van der Waals surface area contributed by atoms with Crippen LogP contribution in [0.2, 0.25) is 19.6 Å². The van der Waals surface area contributed by atoms with Crippen LogP contribution in [0.25, 0.3) is 0 Å². The standard InChI is InChI=1S/C18H27NSi/c1-18(2,3)17-16(12-13-20(4,5)6)19(17)14-15-10-8-7-9-11-15/h7-11,16-17H,14H2,1-6H3/t16-,17+,19?/m0/s1. The van der Waals surface area contributed by atoms with Crippen LogP contribution in [0.15, 0.2) is 30.3 Å². The van der Waals surface area contributed by atoms with Crippen molar-refractivity contribution in [1.29, 1.82) is 0 Å². The predicted molar refractivity (Wildman–Crippen MR) is 90.1 cm³/mol. The van der Waals surface area contributed by atoms with Gasteiger partial charge in [-0.3, -0.25) is 4.90 Å². The van der Waals surface area contributed by atoms with Crippen molar-refractivity contribution in [2.45, 2.75) is 59.0 Å². The van der Waals surface area contributed by atoms with Gasteiger partial charge in [0.15, 0.2) is 0 Å². The van der Waals surface area contributed by atoms with Gasteiger partial charge in [0.05, 0.1) is 6.04 Å². The molecule has 0 N–H and O–H groups in total. The molecule has 20 heavy (non-hydrogen) atoms. The predicted octanol–water partition coefficient (Wildman–Crippen LogP) is 4.17. The molecule has 1 fully saturated rings. The van der Waals surface area contributed by atoms with E-state index in [9.17, 15) is 0 Å². The highest BCUT2D eigenvalue weighted by molar-refractivity contribution is 6.83. The average Bonchev–Trinajstić information content (AvgIpc) is 3.00. The van der Waals surface area contributed by atoms with Crippen LogP contribution in [0.3, 0.4) is 0 Å². The molecule has 1 aromatic rings. The second kappa shape index (κ2) is 5.39. The Morgan fingerprint density at radius 3 is 2.20 bits per heavy atom. The molecule has 0 spiro atoms. The summed E-state index contributed by atoms with van der Waals surface area (Å²) < 4.78 is 0. The summed E-state index contributed by atoms with van der Waals surface area (Å²) in [5, 5.41) is 0. The summed E-state index contributed by atoms with van der Waals surface area (Å²) in [5.74, 6) is 3.56. The van der Waals surface area contributed by atoms with Crippen molar-refractivity contribution in [3.63, 3.8) is 0 Å². The highest BCUT2D eigenvalue weighted by atomic mass is 28.3. The second-order valence-electron chi connectivity index (χ2n) is 7.93. The van der Waals surface area contributed by atoms with Crippen molar-refractivity contribution < 1.29 is 0 Å². The highest BCUT2D eigenvalue weighted by Crippen LogP contribution is 2.42. The zero-order valence-electron chi connectivity index (χ0n) is 13.7. The summed E-state index contributed by atoms with van der Waals surface area (Å²) in [6.45, 7) is 14.9. The molecule has 0 amide bonds. The molecular formula is C18H27NSi. The first-order chi connectivity index (χ1) is 9.18. The molecule has 2 heteroatoms. The molecule has 1 heterocycles. The zero-order chi connectivity index (χ0) is 15.0. The largest absolute Gasteiger partial charge is 0.278 e. The topological polar surface area (TPSA) is 3.01 Å². The van der Waals surface area contributed by atoms with E-state index in [0.29, 0.717) is 17.5 Å². The average molecular weight is 286 g/mol. The fourth-order valence-electron chi connectivity index (χ4n) is 2.69. The number of hydrogen-bond donors (Lipinski definition) is 0. The fraction of sp³-hybridized carbons (Fsp3) is 0.556. The van der Waals surface area contributed by atoms with Crippen LogP contribution in [0, 0.1) is 16.9 Å². The molecule has 0 radical (unpaired) electrons. The van der Waals surface area contributed by atoms with Gasteiger partial charge >= 0.3 is 0 Å². The third-order valence-electron chi connectivity index (χ3n) is 3.61. The summed E-state index contributed by atoms with van der Waals surface area (Å²) in [4.78, 5) is 2.54. The van der Waals surface area contributed by atoms with E-state index in [2.05, 4.69) is 87.1 Å². The molecule has 0 saturated carbocycles. The smallest absolute Gasteiger partial charge is 0.129 e. The summed E-state index contributed by atoms with van der Waals surface area (Å²) in [5.41, 5.74) is 5.24.